The Morgan fingerprint density at radius 1 is 1.15 bits per heavy atom. The van der Waals surface area contributed by atoms with Crippen LogP contribution in [-0.2, 0) is 27.3 Å². The first-order valence-electron chi connectivity index (χ1n) is 8.75. The van der Waals surface area contributed by atoms with Crippen molar-refractivity contribution in [3.63, 3.8) is 0 Å². The number of benzene rings is 2. The van der Waals surface area contributed by atoms with E-state index in [4.69, 9.17) is 14.7 Å². The Hall–Kier alpha value is -3.33. The SMILES string of the molecule is C[C@H](OC(=O)COc1ccccc1C#N)C(=O)N1CCc2ccccc2C1. The number of carbonyl (C=O) groups is 2. The minimum absolute atomic E-state index is 0.227. The molecule has 0 spiro atoms. The lowest BCUT2D eigenvalue weighted by atomic mass is 9.99. The third-order valence-electron chi connectivity index (χ3n) is 4.45. The molecule has 0 bridgehead atoms. The first kappa shape index (κ1) is 18.5. The molecule has 0 saturated carbocycles. The number of para-hydroxylation sites is 1. The molecule has 0 aliphatic carbocycles. The van der Waals surface area contributed by atoms with Crippen LogP contribution in [0.15, 0.2) is 48.5 Å². The van der Waals surface area contributed by atoms with Crippen LogP contribution in [0.5, 0.6) is 5.75 Å². The number of nitriles is 1. The largest absolute Gasteiger partial charge is 0.481 e. The van der Waals surface area contributed by atoms with E-state index in [1.807, 2.05) is 24.3 Å². The lowest BCUT2D eigenvalue weighted by Crippen LogP contribution is -2.43. The number of hydrogen-bond donors (Lipinski definition) is 0. The molecule has 0 unspecified atom stereocenters. The normalized spacial score (nSPS) is 13.9. The van der Waals surface area contributed by atoms with Gasteiger partial charge in [-0.1, -0.05) is 36.4 Å². The zero-order valence-corrected chi connectivity index (χ0v) is 15.1. The average molecular weight is 364 g/mol. The summed E-state index contributed by atoms with van der Waals surface area (Å²) in [6.45, 7) is 2.32. The molecule has 6 heteroatoms. The van der Waals surface area contributed by atoms with E-state index in [1.165, 1.54) is 5.56 Å². The summed E-state index contributed by atoms with van der Waals surface area (Å²) >= 11 is 0. The number of fused-ring (bicyclic) bond motifs is 1. The molecule has 2 aromatic carbocycles. The van der Waals surface area contributed by atoms with Crippen LogP contribution >= 0.6 is 0 Å². The summed E-state index contributed by atoms with van der Waals surface area (Å²) in [4.78, 5) is 26.3. The van der Waals surface area contributed by atoms with E-state index in [0.717, 1.165) is 12.0 Å². The fourth-order valence-electron chi connectivity index (χ4n) is 3.04. The standard InChI is InChI=1S/C21H20N2O4/c1-15(21(25)23-11-10-16-6-2-3-8-18(16)13-23)27-20(24)14-26-19-9-5-4-7-17(19)12-22/h2-9,15H,10-11,13-14H2,1H3/t15-/m0/s1. The second kappa shape index (κ2) is 8.37. The number of carbonyl (C=O) groups excluding carboxylic acids is 2. The molecule has 1 atom stereocenters. The molecule has 1 aliphatic heterocycles. The molecular formula is C21H20N2O4. The molecule has 1 amide bonds. The van der Waals surface area contributed by atoms with Gasteiger partial charge in [-0.15, -0.1) is 0 Å². The van der Waals surface area contributed by atoms with Gasteiger partial charge in [0.05, 0.1) is 5.56 Å². The van der Waals surface area contributed by atoms with Crippen molar-refractivity contribution in [2.45, 2.75) is 26.0 Å². The maximum absolute atomic E-state index is 12.6. The number of ether oxygens (including phenoxy) is 2. The Kier molecular flexibility index (Phi) is 5.72. The minimum Gasteiger partial charge on any atom is -0.481 e. The topological polar surface area (TPSA) is 79.6 Å². The first-order chi connectivity index (χ1) is 13.1. The molecular weight excluding hydrogens is 344 g/mol. The fraction of sp³-hybridized carbons (Fsp3) is 0.286. The van der Waals surface area contributed by atoms with Crippen LogP contribution in [0.1, 0.15) is 23.6 Å². The lowest BCUT2D eigenvalue weighted by Gasteiger charge is -2.30. The van der Waals surface area contributed by atoms with Crippen molar-refractivity contribution in [2.75, 3.05) is 13.2 Å². The van der Waals surface area contributed by atoms with Crippen LogP contribution < -0.4 is 4.74 Å². The van der Waals surface area contributed by atoms with E-state index in [-0.39, 0.29) is 12.5 Å². The van der Waals surface area contributed by atoms with Crippen LogP contribution in [0.3, 0.4) is 0 Å². The van der Waals surface area contributed by atoms with Crippen LogP contribution in [0, 0.1) is 11.3 Å². The molecule has 2 aromatic rings. The fourth-order valence-corrected chi connectivity index (χ4v) is 3.04. The lowest BCUT2D eigenvalue weighted by molar-refractivity contribution is -0.161. The summed E-state index contributed by atoms with van der Waals surface area (Å²) in [5, 5.41) is 9.02. The Morgan fingerprint density at radius 3 is 2.63 bits per heavy atom. The average Bonchev–Trinajstić information content (AvgIpc) is 2.71. The van der Waals surface area contributed by atoms with Crippen molar-refractivity contribution in [1.29, 1.82) is 5.26 Å². The zero-order chi connectivity index (χ0) is 19.2. The second-order valence-electron chi connectivity index (χ2n) is 6.31. The van der Waals surface area contributed by atoms with Crippen LogP contribution in [-0.4, -0.2) is 36.0 Å². The second-order valence-corrected chi connectivity index (χ2v) is 6.31. The predicted molar refractivity (Wildman–Crippen MR) is 97.8 cm³/mol. The van der Waals surface area contributed by atoms with Gasteiger partial charge in [0.2, 0.25) is 0 Å². The van der Waals surface area contributed by atoms with E-state index >= 15 is 0 Å². The monoisotopic (exact) mass is 364 g/mol. The van der Waals surface area contributed by atoms with Gasteiger partial charge in [0.15, 0.2) is 12.7 Å². The number of rotatable bonds is 5. The summed E-state index contributed by atoms with van der Waals surface area (Å²) in [5.41, 5.74) is 2.70. The Balaban J connectivity index is 1.52. The Morgan fingerprint density at radius 2 is 1.85 bits per heavy atom. The van der Waals surface area contributed by atoms with Gasteiger partial charge in [-0.05, 0) is 36.6 Å². The molecule has 0 N–H and O–H groups in total. The van der Waals surface area contributed by atoms with E-state index < -0.39 is 12.1 Å². The van der Waals surface area contributed by atoms with Crippen molar-refractivity contribution >= 4 is 11.9 Å². The van der Waals surface area contributed by atoms with Crippen LogP contribution in [0.2, 0.25) is 0 Å². The molecule has 1 aliphatic rings. The van der Waals surface area contributed by atoms with Gasteiger partial charge >= 0.3 is 5.97 Å². The summed E-state index contributed by atoms with van der Waals surface area (Å²) in [5.74, 6) is -0.570. The van der Waals surface area contributed by atoms with E-state index in [0.29, 0.717) is 24.4 Å². The van der Waals surface area contributed by atoms with Gasteiger partial charge < -0.3 is 14.4 Å². The highest BCUT2D eigenvalue weighted by atomic mass is 16.6. The maximum Gasteiger partial charge on any atom is 0.344 e. The number of esters is 1. The van der Waals surface area contributed by atoms with Gasteiger partial charge in [-0.2, -0.15) is 5.26 Å². The van der Waals surface area contributed by atoms with Gasteiger partial charge in [0, 0.05) is 13.1 Å². The quantitative estimate of drug-likeness (QED) is 0.762. The van der Waals surface area contributed by atoms with E-state index in [9.17, 15) is 9.59 Å². The van der Waals surface area contributed by atoms with Crippen LogP contribution in [0.4, 0.5) is 0 Å². The molecule has 0 radical (unpaired) electrons. The summed E-state index contributed by atoms with van der Waals surface area (Å²) in [6, 6.07) is 16.6. The first-order valence-corrected chi connectivity index (χ1v) is 8.75. The summed E-state index contributed by atoms with van der Waals surface area (Å²) in [7, 11) is 0. The van der Waals surface area contributed by atoms with Crippen molar-refractivity contribution in [2.24, 2.45) is 0 Å². The molecule has 6 nitrogen and oxygen atoms in total. The number of hydrogen-bond acceptors (Lipinski definition) is 5. The molecule has 0 aromatic heterocycles. The molecule has 3 rings (SSSR count). The highest BCUT2D eigenvalue weighted by molar-refractivity contribution is 5.84. The molecule has 0 saturated heterocycles. The summed E-state index contributed by atoms with van der Waals surface area (Å²) in [6.07, 6.45) is -0.103. The number of amides is 1. The van der Waals surface area contributed by atoms with Crippen molar-refractivity contribution in [3.8, 4) is 11.8 Å². The molecule has 0 fully saturated rings. The van der Waals surface area contributed by atoms with Gasteiger partial charge in [-0.25, -0.2) is 4.79 Å². The van der Waals surface area contributed by atoms with Crippen molar-refractivity contribution < 1.29 is 19.1 Å². The van der Waals surface area contributed by atoms with Gasteiger partial charge in [0.1, 0.15) is 11.8 Å². The Bertz CT molecular complexity index is 888. The molecule has 27 heavy (non-hydrogen) atoms. The van der Waals surface area contributed by atoms with Crippen molar-refractivity contribution in [1.82, 2.24) is 4.90 Å². The van der Waals surface area contributed by atoms with Gasteiger partial charge in [0.25, 0.3) is 5.91 Å². The highest BCUT2D eigenvalue weighted by Gasteiger charge is 2.27. The van der Waals surface area contributed by atoms with Crippen molar-refractivity contribution in [3.05, 3.63) is 65.2 Å². The van der Waals surface area contributed by atoms with E-state index in [2.05, 4.69) is 6.07 Å². The van der Waals surface area contributed by atoms with E-state index in [1.54, 1.807) is 36.1 Å². The number of nitrogens with zero attached hydrogens (tertiary/aromatic N) is 2. The third kappa shape index (κ3) is 4.45. The smallest absolute Gasteiger partial charge is 0.344 e. The predicted octanol–water partition coefficient (Wildman–Crippen LogP) is 2.45. The van der Waals surface area contributed by atoms with Gasteiger partial charge in [-0.3, -0.25) is 4.79 Å². The maximum atomic E-state index is 12.6. The third-order valence-corrected chi connectivity index (χ3v) is 4.45. The highest BCUT2D eigenvalue weighted by Crippen LogP contribution is 2.20. The minimum atomic E-state index is -0.891. The molecule has 138 valence electrons. The Labute approximate surface area is 157 Å². The zero-order valence-electron chi connectivity index (χ0n) is 15.1. The van der Waals surface area contributed by atoms with Crippen LogP contribution in [0.25, 0.3) is 0 Å². The summed E-state index contributed by atoms with van der Waals surface area (Å²) < 4.78 is 10.6. The molecule has 1 heterocycles.